The van der Waals surface area contributed by atoms with Gasteiger partial charge in [-0.3, -0.25) is 9.59 Å². The maximum absolute atomic E-state index is 12.0. The first-order valence-electron chi connectivity index (χ1n) is 8.12. The number of carbonyl (C=O) groups is 2. The van der Waals surface area contributed by atoms with Gasteiger partial charge in [-0.15, -0.1) is 11.3 Å². The summed E-state index contributed by atoms with van der Waals surface area (Å²) in [6.45, 7) is 1.67. The molecule has 26 heavy (non-hydrogen) atoms. The zero-order chi connectivity index (χ0) is 18.4. The highest BCUT2D eigenvalue weighted by Crippen LogP contribution is 2.25. The molecule has 1 heterocycles. The van der Waals surface area contributed by atoms with E-state index in [2.05, 4.69) is 10.3 Å². The van der Waals surface area contributed by atoms with Gasteiger partial charge in [-0.25, -0.2) is 4.98 Å². The van der Waals surface area contributed by atoms with E-state index in [1.165, 1.54) is 18.3 Å². The Bertz CT molecular complexity index is 889. The number of benzene rings is 2. The van der Waals surface area contributed by atoms with Crippen molar-refractivity contribution in [3.05, 3.63) is 71.2 Å². The molecular formula is C20H18N2O3S. The molecule has 0 aliphatic heterocycles. The molecule has 1 aromatic heterocycles. The number of esters is 1. The van der Waals surface area contributed by atoms with E-state index < -0.39 is 0 Å². The number of carbonyl (C=O) groups excluding carboxylic acids is 2. The van der Waals surface area contributed by atoms with Gasteiger partial charge in [0.1, 0.15) is 11.6 Å². The number of amides is 1. The van der Waals surface area contributed by atoms with E-state index >= 15 is 0 Å². The van der Waals surface area contributed by atoms with Gasteiger partial charge in [-0.1, -0.05) is 42.5 Å². The van der Waals surface area contributed by atoms with Crippen molar-refractivity contribution in [1.29, 1.82) is 0 Å². The van der Waals surface area contributed by atoms with Crippen molar-refractivity contribution in [3.63, 3.8) is 0 Å². The fraction of sp³-hybridized carbons (Fsp3) is 0.150. The third-order valence-electron chi connectivity index (χ3n) is 3.57. The lowest BCUT2D eigenvalue weighted by molar-refractivity contribution is -0.144. The van der Waals surface area contributed by atoms with E-state index in [1.807, 2.05) is 30.3 Å². The quantitative estimate of drug-likeness (QED) is 0.668. The van der Waals surface area contributed by atoms with Crippen LogP contribution in [0.1, 0.15) is 17.4 Å². The zero-order valence-electron chi connectivity index (χ0n) is 14.3. The summed E-state index contributed by atoms with van der Waals surface area (Å²) in [6, 6.07) is 17.0. The Kier molecular flexibility index (Phi) is 5.76. The number of ether oxygens (including phenoxy) is 1. The second kappa shape index (κ2) is 8.40. The average Bonchev–Trinajstić information content (AvgIpc) is 3.11. The average molecular weight is 366 g/mol. The summed E-state index contributed by atoms with van der Waals surface area (Å²) in [5.41, 5.74) is 2.58. The summed E-state index contributed by atoms with van der Waals surface area (Å²) in [7, 11) is 0. The van der Waals surface area contributed by atoms with Gasteiger partial charge in [0.25, 0.3) is 0 Å². The van der Waals surface area contributed by atoms with E-state index in [0.29, 0.717) is 5.69 Å². The maximum atomic E-state index is 12.0. The number of hydrogen-bond donors (Lipinski definition) is 1. The molecule has 1 N–H and O–H groups in total. The van der Waals surface area contributed by atoms with Crippen molar-refractivity contribution >= 4 is 28.9 Å². The van der Waals surface area contributed by atoms with Gasteiger partial charge in [0.05, 0.1) is 11.3 Å². The second-order valence-electron chi connectivity index (χ2n) is 5.71. The number of anilines is 1. The molecule has 0 unspecified atom stereocenters. The van der Waals surface area contributed by atoms with Gasteiger partial charge >= 0.3 is 5.97 Å². The minimum absolute atomic E-state index is 0.128. The molecule has 0 bridgehead atoms. The van der Waals surface area contributed by atoms with Crippen LogP contribution >= 0.6 is 11.3 Å². The molecule has 5 nitrogen and oxygen atoms in total. The first kappa shape index (κ1) is 17.8. The van der Waals surface area contributed by atoms with E-state index in [4.69, 9.17) is 4.74 Å². The third-order valence-corrected chi connectivity index (χ3v) is 4.59. The zero-order valence-corrected chi connectivity index (χ0v) is 15.1. The maximum Gasteiger partial charge on any atom is 0.310 e. The van der Waals surface area contributed by atoms with E-state index in [0.717, 1.165) is 21.0 Å². The summed E-state index contributed by atoms with van der Waals surface area (Å²) in [6.07, 6.45) is 1.92. The summed E-state index contributed by atoms with van der Waals surface area (Å²) < 4.78 is 5.34. The minimum atomic E-state index is -0.299. The van der Waals surface area contributed by atoms with Crippen molar-refractivity contribution < 1.29 is 14.3 Å². The van der Waals surface area contributed by atoms with Crippen molar-refractivity contribution in [2.45, 2.75) is 20.0 Å². The molecule has 0 aliphatic rings. The van der Waals surface area contributed by atoms with Crippen molar-refractivity contribution in [3.8, 4) is 10.6 Å². The van der Waals surface area contributed by atoms with Crippen LogP contribution < -0.4 is 5.32 Å². The highest BCUT2D eigenvalue weighted by Gasteiger charge is 2.09. The van der Waals surface area contributed by atoms with Gasteiger partial charge in [0.15, 0.2) is 0 Å². The lowest BCUT2D eigenvalue weighted by Gasteiger charge is -2.05. The number of thiazole rings is 1. The summed E-state index contributed by atoms with van der Waals surface area (Å²) >= 11 is 1.51. The van der Waals surface area contributed by atoms with Gasteiger partial charge < -0.3 is 10.1 Å². The van der Waals surface area contributed by atoms with Crippen LogP contribution in [-0.4, -0.2) is 16.9 Å². The Morgan fingerprint density at radius 2 is 1.81 bits per heavy atom. The van der Waals surface area contributed by atoms with Crippen molar-refractivity contribution in [2.24, 2.45) is 0 Å². The predicted octanol–water partition coefficient (Wildman–Crippen LogP) is 4.05. The Balaban J connectivity index is 1.51. The fourth-order valence-electron chi connectivity index (χ4n) is 2.37. The molecule has 0 saturated heterocycles. The molecule has 0 saturated carbocycles. The Labute approximate surface area is 155 Å². The molecule has 0 spiro atoms. The molecule has 0 atom stereocenters. The highest BCUT2D eigenvalue weighted by atomic mass is 32.1. The standard InChI is InChI=1S/C20H18N2O3S/c1-14(23)22-17-9-7-15(8-10-17)11-19(24)25-13-18-12-21-20(26-18)16-5-3-2-4-6-16/h2-10,12H,11,13H2,1H3,(H,22,23). The monoisotopic (exact) mass is 366 g/mol. The first-order chi connectivity index (χ1) is 12.6. The van der Waals surface area contributed by atoms with Crippen LogP contribution in [0.4, 0.5) is 5.69 Å². The number of hydrogen-bond acceptors (Lipinski definition) is 5. The van der Waals surface area contributed by atoms with Crippen LogP contribution in [0, 0.1) is 0 Å². The fourth-order valence-corrected chi connectivity index (χ4v) is 3.20. The van der Waals surface area contributed by atoms with E-state index in [1.54, 1.807) is 30.5 Å². The van der Waals surface area contributed by atoms with Gasteiger partial charge in [-0.2, -0.15) is 0 Å². The van der Waals surface area contributed by atoms with Gasteiger partial charge in [0.2, 0.25) is 5.91 Å². The molecule has 6 heteroatoms. The molecule has 0 fully saturated rings. The van der Waals surface area contributed by atoms with Crippen molar-refractivity contribution in [2.75, 3.05) is 5.32 Å². The number of nitrogens with one attached hydrogen (secondary N) is 1. The molecule has 0 radical (unpaired) electrons. The van der Waals surface area contributed by atoms with Crippen LogP contribution in [0.15, 0.2) is 60.8 Å². The highest BCUT2D eigenvalue weighted by molar-refractivity contribution is 7.15. The topological polar surface area (TPSA) is 68.3 Å². The first-order valence-corrected chi connectivity index (χ1v) is 8.94. The molecule has 1 amide bonds. The van der Waals surface area contributed by atoms with E-state index in [9.17, 15) is 9.59 Å². The Morgan fingerprint density at radius 3 is 2.50 bits per heavy atom. The predicted molar refractivity (Wildman–Crippen MR) is 102 cm³/mol. The van der Waals surface area contributed by atoms with E-state index in [-0.39, 0.29) is 24.9 Å². The molecule has 3 rings (SSSR count). The molecule has 3 aromatic rings. The molecule has 132 valence electrons. The smallest absolute Gasteiger partial charge is 0.310 e. The number of rotatable bonds is 6. The van der Waals surface area contributed by atoms with Crippen LogP contribution in [0.5, 0.6) is 0 Å². The Hall–Kier alpha value is -2.99. The van der Waals surface area contributed by atoms with Gasteiger partial charge in [-0.05, 0) is 17.7 Å². The lowest BCUT2D eigenvalue weighted by Crippen LogP contribution is -2.08. The summed E-state index contributed by atoms with van der Waals surface area (Å²) in [4.78, 5) is 28.3. The SMILES string of the molecule is CC(=O)Nc1ccc(CC(=O)OCc2cnc(-c3ccccc3)s2)cc1. The van der Waals surface area contributed by atoms with Crippen LogP contribution in [0.3, 0.4) is 0 Å². The largest absolute Gasteiger partial charge is 0.460 e. The van der Waals surface area contributed by atoms with Crippen molar-refractivity contribution in [1.82, 2.24) is 4.98 Å². The lowest BCUT2D eigenvalue weighted by atomic mass is 10.1. The second-order valence-corrected chi connectivity index (χ2v) is 6.83. The molecule has 2 aromatic carbocycles. The van der Waals surface area contributed by atoms with Crippen LogP contribution in [0.25, 0.3) is 10.6 Å². The normalized spacial score (nSPS) is 10.3. The minimum Gasteiger partial charge on any atom is -0.460 e. The molecule has 0 aliphatic carbocycles. The van der Waals surface area contributed by atoms with Gasteiger partial charge in [0, 0.05) is 24.4 Å². The molecular weight excluding hydrogens is 348 g/mol. The Morgan fingerprint density at radius 1 is 1.08 bits per heavy atom. The summed E-state index contributed by atoms with van der Waals surface area (Å²) in [5, 5.41) is 3.59. The third kappa shape index (κ3) is 5.00. The summed E-state index contributed by atoms with van der Waals surface area (Å²) in [5.74, 6) is -0.427. The van der Waals surface area contributed by atoms with Crippen LogP contribution in [0.2, 0.25) is 0 Å². The number of nitrogens with zero attached hydrogens (tertiary/aromatic N) is 1. The number of aromatic nitrogens is 1. The van der Waals surface area contributed by atoms with Crippen LogP contribution in [-0.2, 0) is 27.4 Å².